The van der Waals surface area contributed by atoms with Gasteiger partial charge in [-0.05, 0) is 33.1 Å². The van der Waals surface area contributed by atoms with Crippen molar-refractivity contribution in [2.45, 2.75) is 68.1 Å². The fourth-order valence-corrected chi connectivity index (χ4v) is 4.07. The summed E-state index contributed by atoms with van der Waals surface area (Å²) in [4.78, 5) is 31.8. The Balaban J connectivity index is 5.37. The summed E-state index contributed by atoms with van der Waals surface area (Å²) in [5.41, 5.74) is -0.364. The van der Waals surface area contributed by atoms with Crippen LogP contribution in [0.3, 0.4) is 0 Å². The average Bonchev–Trinajstić information content (AvgIpc) is 2.55. The fraction of sp³-hybridized carbons (Fsp3) is 0.944. The van der Waals surface area contributed by atoms with Gasteiger partial charge in [0.2, 0.25) is 0 Å². The zero-order valence-corrected chi connectivity index (χ0v) is 20.0. The largest absolute Gasteiger partial charge is 0.465 e. The van der Waals surface area contributed by atoms with E-state index in [0.29, 0.717) is 26.1 Å². The molecule has 0 aliphatic heterocycles. The summed E-state index contributed by atoms with van der Waals surface area (Å²) in [5, 5.41) is -0.0518. The third-order valence-corrected chi connectivity index (χ3v) is 5.00. The number of carbonyl (C=O) groups excluding carboxylic acids is 1. The second-order valence-corrected chi connectivity index (χ2v) is 10.8. The SMILES string of the molecule is CCC(COC(=O)CC(C)S)(CC(C)(S)COOC)CC(C)(S)COOC. The third kappa shape index (κ3) is 12.5. The Morgan fingerprint density at radius 3 is 1.74 bits per heavy atom. The minimum absolute atomic E-state index is 0.0518. The maximum Gasteiger partial charge on any atom is 0.306 e. The van der Waals surface area contributed by atoms with Gasteiger partial charge in [-0.1, -0.05) is 13.8 Å². The Morgan fingerprint density at radius 1 is 0.963 bits per heavy atom. The predicted octanol–water partition coefficient (Wildman–Crippen LogP) is 3.95. The van der Waals surface area contributed by atoms with Crippen LogP contribution in [-0.4, -0.2) is 54.8 Å². The molecule has 0 aromatic rings. The molecular weight excluding hydrogens is 408 g/mol. The van der Waals surface area contributed by atoms with Gasteiger partial charge in [-0.3, -0.25) is 4.79 Å². The summed E-state index contributed by atoms with van der Waals surface area (Å²) in [6.45, 7) is 8.72. The maximum atomic E-state index is 12.1. The number of thiol groups is 3. The molecule has 0 amide bonds. The van der Waals surface area contributed by atoms with Crippen LogP contribution in [0.2, 0.25) is 0 Å². The third-order valence-electron chi connectivity index (χ3n) is 4.24. The first-order valence-corrected chi connectivity index (χ1v) is 10.4. The summed E-state index contributed by atoms with van der Waals surface area (Å²) < 4.78 is 4.64. The molecule has 0 bridgehead atoms. The lowest BCUT2D eigenvalue weighted by Gasteiger charge is -2.42. The van der Waals surface area contributed by atoms with E-state index in [2.05, 4.69) is 19.6 Å². The van der Waals surface area contributed by atoms with Crippen LogP contribution >= 0.6 is 37.9 Å². The second-order valence-electron chi connectivity index (χ2n) is 7.77. The van der Waals surface area contributed by atoms with E-state index in [4.69, 9.17) is 49.5 Å². The molecule has 0 aliphatic rings. The molecule has 0 heterocycles. The lowest BCUT2D eigenvalue weighted by molar-refractivity contribution is -0.279. The Hall–Kier alpha value is 0.360. The lowest BCUT2D eigenvalue weighted by atomic mass is 9.72. The molecule has 162 valence electrons. The highest BCUT2D eigenvalue weighted by Gasteiger charge is 2.42. The molecule has 0 saturated carbocycles. The number of rotatable bonds is 15. The topological polar surface area (TPSA) is 63.2 Å². The van der Waals surface area contributed by atoms with Gasteiger partial charge in [-0.25, -0.2) is 19.6 Å². The highest BCUT2D eigenvalue weighted by molar-refractivity contribution is 7.82. The van der Waals surface area contributed by atoms with E-state index >= 15 is 0 Å². The van der Waals surface area contributed by atoms with Crippen molar-refractivity contribution in [2.75, 3.05) is 34.0 Å². The van der Waals surface area contributed by atoms with Crippen molar-refractivity contribution in [1.82, 2.24) is 0 Å². The minimum Gasteiger partial charge on any atom is -0.465 e. The van der Waals surface area contributed by atoms with Crippen LogP contribution in [-0.2, 0) is 29.1 Å². The van der Waals surface area contributed by atoms with E-state index in [0.717, 1.165) is 6.42 Å². The first-order chi connectivity index (χ1) is 12.4. The van der Waals surface area contributed by atoms with Crippen molar-refractivity contribution in [1.29, 1.82) is 0 Å². The smallest absolute Gasteiger partial charge is 0.306 e. The number of esters is 1. The molecule has 27 heavy (non-hydrogen) atoms. The van der Waals surface area contributed by atoms with Gasteiger partial charge < -0.3 is 4.74 Å². The van der Waals surface area contributed by atoms with Crippen molar-refractivity contribution in [3.63, 3.8) is 0 Å². The molecule has 9 heteroatoms. The molecule has 0 aliphatic carbocycles. The maximum absolute atomic E-state index is 12.1. The van der Waals surface area contributed by atoms with E-state index in [1.807, 2.05) is 20.8 Å². The van der Waals surface area contributed by atoms with Crippen LogP contribution in [0.25, 0.3) is 0 Å². The number of carbonyl (C=O) groups is 1. The summed E-state index contributed by atoms with van der Waals surface area (Å²) in [5.74, 6) is -0.265. The molecule has 0 N–H and O–H groups in total. The van der Waals surface area contributed by atoms with E-state index in [1.165, 1.54) is 14.2 Å². The van der Waals surface area contributed by atoms with Crippen LogP contribution in [0, 0.1) is 5.41 Å². The predicted molar refractivity (Wildman–Crippen MR) is 117 cm³/mol. The van der Waals surface area contributed by atoms with Gasteiger partial charge >= 0.3 is 5.97 Å². The average molecular weight is 445 g/mol. The standard InChI is InChI=1S/C18H36O6S3/c1-7-18(9-16(3,26)11-23-20-5,10-17(4,27)12-24-21-6)13-22-15(19)8-14(2)25/h14,25-27H,7-13H2,1-6H3. The molecule has 0 rings (SSSR count). The van der Waals surface area contributed by atoms with Crippen LogP contribution < -0.4 is 0 Å². The lowest BCUT2D eigenvalue weighted by Crippen LogP contribution is -2.43. The van der Waals surface area contributed by atoms with Crippen molar-refractivity contribution < 1.29 is 29.1 Å². The van der Waals surface area contributed by atoms with Gasteiger partial charge in [0.15, 0.2) is 0 Å². The molecule has 0 fully saturated rings. The molecule has 3 atom stereocenters. The van der Waals surface area contributed by atoms with Gasteiger partial charge in [-0.15, -0.1) is 0 Å². The zero-order valence-electron chi connectivity index (χ0n) is 17.3. The highest BCUT2D eigenvalue weighted by Crippen LogP contribution is 2.44. The van der Waals surface area contributed by atoms with Gasteiger partial charge in [0.1, 0.15) is 0 Å². The van der Waals surface area contributed by atoms with Crippen LogP contribution in [0.4, 0.5) is 0 Å². The number of hydrogen-bond donors (Lipinski definition) is 3. The molecule has 0 aromatic carbocycles. The molecule has 0 spiro atoms. The normalized spacial score (nSPS) is 19.6. The van der Waals surface area contributed by atoms with Crippen LogP contribution in [0.5, 0.6) is 0 Å². The summed E-state index contributed by atoms with van der Waals surface area (Å²) in [7, 11) is 2.93. The van der Waals surface area contributed by atoms with Crippen molar-refractivity contribution in [2.24, 2.45) is 5.41 Å². The quantitative estimate of drug-likeness (QED) is 0.154. The Kier molecular flexibility index (Phi) is 13.0. The fourth-order valence-electron chi connectivity index (χ4n) is 3.14. The summed E-state index contributed by atoms with van der Waals surface area (Å²) >= 11 is 13.8. The van der Waals surface area contributed by atoms with Crippen molar-refractivity contribution in [3.8, 4) is 0 Å². The van der Waals surface area contributed by atoms with E-state index in [9.17, 15) is 4.79 Å². The Morgan fingerprint density at radius 2 is 1.41 bits per heavy atom. The summed E-state index contributed by atoms with van der Waals surface area (Å²) in [6, 6.07) is 0. The Labute approximate surface area is 180 Å². The molecule has 6 nitrogen and oxygen atoms in total. The number of ether oxygens (including phenoxy) is 1. The summed E-state index contributed by atoms with van der Waals surface area (Å²) in [6.07, 6.45) is 2.30. The monoisotopic (exact) mass is 444 g/mol. The van der Waals surface area contributed by atoms with Crippen molar-refractivity contribution in [3.05, 3.63) is 0 Å². The van der Waals surface area contributed by atoms with Gasteiger partial charge in [0.05, 0.1) is 40.5 Å². The van der Waals surface area contributed by atoms with Crippen LogP contribution in [0.1, 0.15) is 53.4 Å². The molecule has 0 aromatic heterocycles. The van der Waals surface area contributed by atoms with Gasteiger partial charge in [0, 0.05) is 20.2 Å². The zero-order chi connectivity index (χ0) is 21.1. The van der Waals surface area contributed by atoms with E-state index in [1.54, 1.807) is 0 Å². The first-order valence-electron chi connectivity index (χ1n) is 9.00. The Bertz CT molecular complexity index is 407. The molecule has 3 unspecified atom stereocenters. The molecular formula is C18H36O6S3. The van der Waals surface area contributed by atoms with Crippen molar-refractivity contribution >= 4 is 43.9 Å². The van der Waals surface area contributed by atoms with Crippen LogP contribution in [0.15, 0.2) is 0 Å². The van der Waals surface area contributed by atoms with E-state index < -0.39 is 9.49 Å². The van der Waals surface area contributed by atoms with Gasteiger partial charge in [-0.2, -0.15) is 37.9 Å². The van der Waals surface area contributed by atoms with Gasteiger partial charge in [0.25, 0.3) is 0 Å². The number of hydrogen-bond acceptors (Lipinski definition) is 9. The minimum atomic E-state index is -0.485. The molecule has 0 radical (unpaired) electrons. The van der Waals surface area contributed by atoms with E-state index in [-0.39, 0.29) is 29.7 Å². The second kappa shape index (κ2) is 12.8. The first kappa shape index (κ1) is 27.4. The molecule has 0 saturated heterocycles. The highest BCUT2D eigenvalue weighted by atomic mass is 32.1.